The van der Waals surface area contributed by atoms with Gasteiger partial charge in [0.2, 0.25) is 12.7 Å². The molecule has 23 heavy (non-hydrogen) atoms. The lowest BCUT2D eigenvalue weighted by Crippen LogP contribution is -2.25. The van der Waals surface area contributed by atoms with Crippen LogP contribution in [0.1, 0.15) is 12.0 Å². The fourth-order valence-corrected chi connectivity index (χ4v) is 2.45. The van der Waals surface area contributed by atoms with Gasteiger partial charge in [0.25, 0.3) is 0 Å². The van der Waals surface area contributed by atoms with E-state index in [4.69, 9.17) is 21.1 Å². The molecular weight excluding hydrogens is 316 g/mol. The van der Waals surface area contributed by atoms with Crippen LogP contribution in [0.15, 0.2) is 42.5 Å². The maximum atomic E-state index is 11.9. The van der Waals surface area contributed by atoms with Gasteiger partial charge in [0.15, 0.2) is 11.5 Å². The van der Waals surface area contributed by atoms with Gasteiger partial charge in [0.05, 0.1) is 0 Å². The van der Waals surface area contributed by atoms with Crippen molar-refractivity contribution >= 4 is 23.2 Å². The molecule has 5 nitrogen and oxygen atoms in total. The highest BCUT2D eigenvalue weighted by Crippen LogP contribution is 2.34. The first-order chi connectivity index (χ1) is 11.2. The first-order valence-electron chi connectivity index (χ1n) is 7.36. The predicted molar refractivity (Wildman–Crippen MR) is 89.0 cm³/mol. The minimum Gasteiger partial charge on any atom is -0.454 e. The van der Waals surface area contributed by atoms with Gasteiger partial charge in [-0.3, -0.25) is 4.79 Å². The summed E-state index contributed by atoms with van der Waals surface area (Å²) >= 11 is 6.05. The highest BCUT2D eigenvalue weighted by atomic mass is 35.5. The van der Waals surface area contributed by atoms with Crippen molar-refractivity contribution in [2.75, 3.05) is 18.7 Å². The number of hydrogen-bond acceptors (Lipinski definition) is 4. The van der Waals surface area contributed by atoms with Gasteiger partial charge < -0.3 is 20.1 Å². The Morgan fingerprint density at radius 3 is 2.83 bits per heavy atom. The molecule has 0 aliphatic carbocycles. The average Bonchev–Trinajstić information content (AvgIpc) is 3.02. The summed E-state index contributed by atoms with van der Waals surface area (Å²) in [6, 6.07) is 13.1. The lowest BCUT2D eigenvalue weighted by atomic mass is 10.2. The Kier molecular flexibility index (Phi) is 4.88. The number of amides is 1. The summed E-state index contributed by atoms with van der Waals surface area (Å²) in [6.45, 7) is 1.22. The number of benzene rings is 2. The van der Waals surface area contributed by atoms with Gasteiger partial charge in [-0.05, 0) is 23.8 Å². The number of hydrogen-bond donors (Lipinski definition) is 2. The third-order valence-corrected chi connectivity index (χ3v) is 3.86. The molecule has 2 aromatic carbocycles. The van der Waals surface area contributed by atoms with E-state index in [-0.39, 0.29) is 12.7 Å². The smallest absolute Gasteiger partial charge is 0.231 e. The van der Waals surface area contributed by atoms with Crippen molar-refractivity contribution in [2.45, 2.75) is 13.0 Å². The number of anilines is 1. The maximum absolute atomic E-state index is 11.9. The highest BCUT2D eigenvalue weighted by molar-refractivity contribution is 6.31. The predicted octanol–water partition coefficient (Wildman–Crippen LogP) is 3.19. The molecule has 2 N–H and O–H groups in total. The molecule has 6 heteroatoms. The van der Waals surface area contributed by atoms with Crippen LogP contribution in [0.25, 0.3) is 0 Å². The van der Waals surface area contributed by atoms with Gasteiger partial charge in [-0.2, -0.15) is 0 Å². The Labute approximate surface area is 139 Å². The van der Waals surface area contributed by atoms with E-state index < -0.39 is 0 Å². The van der Waals surface area contributed by atoms with E-state index in [0.717, 1.165) is 22.7 Å². The molecular formula is C17H17ClN2O3. The zero-order valence-corrected chi connectivity index (χ0v) is 13.2. The summed E-state index contributed by atoms with van der Waals surface area (Å²) in [4.78, 5) is 11.9. The molecule has 0 unspecified atom stereocenters. The van der Waals surface area contributed by atoms with E-state index in [0.29, 0.717) is 24.5 Å². The van der Waals surface area contributed by atoms with Crippen molar-refractivity contribution < 1.29 is 14.3 Å². The largest absolute Gasteiger partial charge is 0.454 e. The molecule has 2 aromatic rings. The van der Waals surface area contributed by atoms with Crippen molar-refractivity contribution in [2.24, 2.45) is 0 Å². The number of ether oxygens (including phenoxy) is 2. The molecule has 0 bridgehead atoms. The minimum absolute atomic E-state index is 0.0295. The third kappa shape index (κ3) is 4.07. The van der Waals surface area contributed by atoms with Crippen LogP contribution in [0, 0.1) is 0 Å². The zero-order chi connectivity index (χ0) is 16.1. The van der Waals surface area contributed by atoms with E-state index in [1.54, 1.807) is 0 Å². The normalized spacial score (nSPS) is 12.0. The Morgan fingerprint density at radius 1 is 1.13 bits per heavy atom. The van der Waals surface area contributed by atoms with Gasteiger partial charge >= 0.3 is 0 Å². The zero-order valence-electron chi connectivity index (χ0n) is 12.5. The molecule has 1 heterocycles. The van der Waals surface area contributed by atoms with E-state index in [2.05, 4.69) is 10.6 Å². The second-order valence-electron chi connectivity index (χ2n) is 5.11. The Balaban J connectivity index is 1.42. The van der Waals surface area contributed by atoms with Crippen LogP contribution in [0.4, 0.5) is 5.69 Å². The molecule has 0 fully saturated rings. The van der Waals surface area contributed by atoms with Crippen molar-refractivity contribution in [3.63, 3.8) is 0 Å². The molecule has 1 amide bonds. The van der Waals surface area contributed by atoms with Gasteiger partial charge in [-0.15, -0.1) is 0 Å². The number of carbonyl (C=O) groups is 1. The fourth-order valence-electron chi connectivity index (χ4n) is 2.25. The van der Waals surface area contributed by atoms with Crippen LogP contribution in [0.2, 0.25) is 5.02 Å². The summed E-state index contributed by atoms with van der Waals surface area (Å²) in [5.41, 5.74) is 1.81. The maximum Gasteiger partial charge on any atom is 0.231 e. The SMILES string of the molecule is O=C(CCNc1ccc2c(c1)OCO2)NCc1ccccc1Cl. The van der Waals surface area contributed by atoms with Gasteiger partial charge in [0.1, 0.15) is 0 Å². The number of carbonyl (C=O) groups excluding carboxylic acids is 1. The topological polar surface area (TPSA) is 59.6 Å². The van der Waals surface area contributed by atoms with Crippen LogP contribution >= 0.6 is 11.6 Å². The molecule has 1 aliphatic heterocycles. The first kappa shape index (κ1) is 15.5. The van der Waals surface area contributed by atoms with Crippen molar-refractivity contribution in [3.05, 3.63) is 53.1 Å². The summed E-state index contributed by atoms with van der Waals surface area (Å²) in [5.74, 6) is 1.43. The molecule has 0 saturated heterocycles. The second-order valence-corrected chi connectivity index (χ2v) is 5.52. The molecule has 1 aliphatic rings. The number of halogens is 1. The number of fused-ring (bicyclic) bond motifs is 1. The molecule has 3 rings (SSSR count). The van der Waals surface area contributed by atoms with Crippen molar-refractivity contribution in [1.29, 1.82) is 0 Å². The third-order valence-electron chi connectivity index (χ3n) is 3.49. The molecule has 0 atom stereocenters. The Hall–Kier alpha value is -2.40. The number of rotatable bonds is 6. The quantitative estimate of drug-likeness (QED) is 0.853. The molecule has 0 aromatic heterocycles. The molecule has 0 radical (unpaired) electrons. The van der Waals surface area contributed by atoms with Gasteiger partial charge in [-0.25, -0.2) is 0 Å². The highest BCUT2D eigenvalue weighted by Gasteiger charge is 2.13. The first-order valence-corrected chi connectivity index (χ1v) is 7.74. The summed E-state index contributed by atoms with van der Waals surface area (Å²) in [5, 5.41) is 6.71. The molecule has 120 valence electrons. The van der Waals surface area contributed by atoms with Gasteiger partial charge in [0, 0.05) is 36.3 Å². The van der Waals surface area contributed by atoms with E-state index in [1.165, 1.54) is 0 Å². The fraction of sp³-hybridized carbons (Fsp3) is 0.235. The summed E-state index contributed by atoms with van der Waals surface area (Å²) in [7, 11) is 0. The molecule has 0 spiro atoms. The van der Waals surface area contributed by atoms with Crippen LogP contribution < -0.4 is 20.1 Å². The van der Waals surface area contributed by atoms with Crippen molar-refractivity contribution in [1.82, 2.24) is 5.32 Å². The summed E-state index contributed by atoms with van der Waals surface area (Å²) in [6.07, 6.45) is 0.374. The molecule has 0 saturated carbocycles. The Morgan fingerprint density at radius 2 is 1.96 bits per heavy atom. The van der Waals surface area contributed by atoms with Crippen LogP contribution in [-0.4, -0.2) is 19.2 Å². The van der Waals surface area contributed by atoms with E-state index in [1.807, 2.05) is 42.5 Å². The van der Waals surface area contributed by atoms with Crippen LogP contribution in [0.3, 0.4) is 0 Å². The standard InChI is InChI=1S/C17H17ClN2O3/c18-14-4-2-1-3-12(14)10-20-17(21)7-8-19-13-5-6-15-16(9-13)23-11-22-15/h1-6,9,19H,7-8,10-11H2,(H,20,21). The number of nitrogens with one attached hydrogen (secondary N) is 2. The Bertz CT molecular complexity index is 706. The minimum atomic E-state index is -0.0295. The van der Waals surface area contributed by atoms with Gasteiger partial charge in [-0.1, -0.05) is 29.8 Å². The lowest BCUT2D eigenvalue weighted by Gasteiger charge is -2.09. The van der Waals surface area contributed by atoms with Crippen LogP contribution in [0.5, 0.6) is 11.5 Å². The lowest BCUT2D eigenvalue weighted by molar-refractivity contribution is -0.121. The van der Waals surface area contributed by atoms with Crippen molar-refractivity contribution in [3.8, 4) is 11.5 Å². The van der Waals surface area contributed by atoms with Crippen LogP contribution in [-0.2, 0) is 11.3 Å². The monoisotopic (exact) mass is 332 g/mol. The van der Waals surface area contributed by atoms with E-state index in [9.17, 15) is 4.79 Å². The second kappa shape index (κ2) is 7.24. The van der Waals surface area contributed by atoms with E-state index >= 15 is 0 Å². The average molecular weight is 333 g/mol. The summed E-state index contributed by atoms with van der Waals surface area (Å²) < 4.78 is 10.6.